The Hall–Kier alpha value is -2.24. The third-order valence-electron chi connectivity index (χ3n) is 4.95. The normalized spacial score (nSPS) is 16.7. The SMILES string of the molecule is Cc1cc(C)c2sc(N(CC3CCCO3)C(=O)Cc3ccccc3)nc2c1. The Morgan fingerprint density at radius 1 is 1.26 bits per heavy atom. The standard InChI is InChI=1S/C22H24N2O2S/c1-15-11-16(2)21-19(12-15)23-22(27-21)24(14-18-9-6-10-26-18)20(25)13-17-7-4-3-5-8-17/h3-5,7-8,11-12,18H,6,9-10,13-14H2,1-2H3. The second-order valence-electron chi connectivity index (χ2n) is 7.23. The maximum Gasteiger partial charge on any atom is 0.233 e. The van der Waals surface area contributed by atoms with Gasteiger partial charge in [-0.2, -0.15) is 0 Å². The Labute approximate surface area is 163 Å². The number of carbonyl (C=O) groups excluding carboxylic acids is 1. The number of ether oxygens (including phenoxy) is 1. The van der Waals surface area contributed by atoms with Crippen molar-refractivity contribution in [2.75, 3.05) is 18.1 Å². The summed E-state index contributed by atoms with van der Waals surface area (Å²) >= 11 is 1.60. The Bertz CT molecular complexity index is 946. The van der Waals surface area contributed by atoms with Gasteiger partial charge in [0, 0.05) is 6.61 Å². The van der Waals surface area contributed by atoms with Crippen LogP contribution in [0.25, 0.3) is 10.2 Å². The summed E-state index contributed by atoms with van der Waals surface area (Å²) < 4.78 is 6.96. The largest absolute Gasteiger partial charge is 0.376 e. The fourth-order valence-electron chi connectivity index (χ4n) is 3.62. The van der Waals surface area contributed by atoms with Crippen molar-refractivity contribution in [1.29, 1.82) is 0 Å². The lowest BCUT2D eigenvalue weighted by atomic mass is 10.1. The molecule has 1 aliphatic rings. The minimum Gasteiger partial charge on any atom is -0.376 e. The molecule has 1 unspecified atom stereocenters. The molecule has 0 N–H and O–H groups in total. The van der Waals surface area contributed by atoms with Gasteiger partial charge in [0.15, 0.2) is 5.13 Å². The molecule has 0 bridgehead atoms. The summed E-state index contributed by atoms with van der Waals surface area (Å²) in [5.41, 5.74) is 4.39. The zero-order valence-corrected chi connectivity index (χ0v) is 16.6. The van der Waals surface area contributed by atoms with Crippen molar-refractivity contribution in [1.82, 2.24) is 4.98 Å². The average Bonchev–Trinajstić information content (AvgIpc) is 3.29. The molecule has 1 aliphatic heterocycles. The highest BCUT2D eigenvalue weighted by Crippen LogP contribution is 2.33. The van der Waals surface area contributed by atoms with Crippen LogP contribution >= 0.6 is 11.3 Å². The smallest absolute Gasteiger partial charge is 0.233 e. The van der Waals surface area contributed by atoms with Crippen LogP contribution in [0.3, 0.4) is 0 Å². The molecule has 1 amide bonds. The summed E-state index contributed by atoms with van der Waals surface area (Å²) in [7, 11) is 0. The summed E-state index contributed by atoms with van der Waals surface area (Å²) in [6.07, 6.45) is 2.53. The molecule has 4 nitrogen and oxygen atoms in total. The number of anilines is 1. The van der Waals surface area contributed by atoms with Gasteiger partial charge in [-0.3, -0.25) is 9.69 Å². The number of aryl methyl sites for hydroxylation is 2. The molecule has 3 aromatic rings. The Morgan fingerprint density at radius 2 is 2.07 bits per heavy atom. The van der Waals surface area contributed by atoms with Crippen LogP contribution in [0.4, 0.5) is 5.13 Å². The molecule has 4 rings (SSSR count). The maximum absolute atomic E-state index is 13.2. The number of hydrogen-bond donors (Lipinski definition) is 0. The van der Waals surface area contributed by atoms with Crippen molar-refractivity contribution < 1.29 is 9.53 Å². The van der Waals surface area contributed by atoms with E-state index in [4.69, 9.17) is 9.72 Å². The van der Waals surface area contributed by atoms with Gasteiger partial charge in [-0.1, -0.05) is 47.7 Å². The predicted octanol–water partition coefficient (Wildman–Crippen LogP) is 4.67. The van der Waals surface area contributed by atoms with E-state index in [1.54, 1.807) is 11.3 Å². The van der Waals surface area contributed by atoms with Crippen LogP contribution in [-0.2, 0) is 16.0 Å². The van der Waals surface area contributed by atoms with Crippen molar-refractivity contribution in [2.24, 2.45) is 0 Å². The van der Waals surface area contributed by atoms with Crippen molar-refractivity contribution in [3.05, 3.63) is 59.2 Å². The second-order valence-corrected chi connectivity index (χ2v) is 8.21. The first-order valence-electron chi connectivity index (χ1n) is 9.44. The Balaban J connectivity index is 1.66. The summed E-state index contributed by atoms with van der Waals surface area (Å²) in [4.78, 5) is 19.8. The van der Waals surface area contributed by atoms with Gasteiger partial charge >= 0.3 is 0 Å². The number of hydrogen-bond acceptors (Lipinski definition) is 4. The Morgan fingerprint density at radius 3 is 2.81 bits per heavy atom. The van der Waals surface area contributed by atoms with Gasteiger partial charge in [-0.25, -0.2) is 4.98 Å². The van der Waals surface area contributed by atoms with E-state index in [2.05, 4.69) is 26.0 Å². The van der Waals surface area contributed by atoms with Crippen LogP contribution < -0.4 is 4.90 Å². The third-order valence-corrected chi connectivity index (χ3v) is 6.18. The van der Waals surface area contributed by atoms with E-state index in [-0.39, 0.29) is 12.0 Å². The molecule has 0 saturated carbocycles. The molecule has 0 radical (unpaired) electrons. The zero-order chi connectivity index (χ0) is 18.8. The van der Waals surface area contributed by atoms with Crippen molar-refractivity contribution in [3.8, 4) is 0 Å². The quantitative estimate of drug-likeness (QED) is 0.646. The summed E-state index contributed by atoms with van der Waals surface area (Å²) in [5, 5.41) is 0.773. The molecule has 1 atom stereocenters. The van der Waals surface area contributed by atoms with Gasteiger partial charge in [0.2, 0.25) is 5.91 Å². The lowest BCUT2D eigenvalue weighted by Gasteiger charge is -2.23. The second kappa shape index (κ2) is 7.79. The van der Waals surface area contributed by atoms with Gasteiger partial charge in [0.25, 0.3) is 0 Å². The third kappa shape index (κ3) is 4.04. The fraction of sp³-hybridized carbons (Fsp3) is 0.364. The van der Waals surface area contributed by atoms with Gasteiger partial charge < -0.3 is 4.74 Å². The summed E-state index contributed by atoms with van der Waals surface area (Å²) in [6.45, 7) is 5.54. The van der Waals surface area contributed by atoms with E-state index in [0.717, 1.165) is 40.4 Å². The van der Waals surface area contributed by atoms with E-state index >= 15 is 0 Å². The molecule has 5 heteroatoms. The topological polar surface area (TPSA) is 42.4 Å². The molecular formula is C22H24N2O2S. The molecule has 1 saturated heterocycles. The monoisotopic (exact) mass is 380 g/mol. The molecule has 1 aromatic heterocycles. The molecule has 27 heavy (non-hydrogen) atoms. The summed E-state index contributed by atoms with van der Waals surface area (Å²) in [5.74, 6) is 0.0742. The van der Waals surface area contributed by atoms with Crippen LogP contribution in [0, 0.1) is 13.8 Å². The number of amides is 1. The Kier molecular flexibility index (Phi) is 5.23. The molecule has 0 aliphatic carbocycles. The lowest BCUT2D eigenvalue weighted by Crippen LogP contribution is -2.38. The van der Waals surface area contributed by atoms with E-state index in [1.165, 1.54) is 11.1 Å². The van der Waals surface area contributed by atoms with Crippen LogP contribution in [0.1, 0.15) is 29.5 Å². The van der Waals surface area contributed by atoms with E-state index < -0.39 is 0 Å². The molecule has 2 heterocycles. The van der Waals surface area contributed by atoms with Crippen LogP contribution in [0.15, 0.2) is 42.5 Å². The first-order chi connectivity index (χ1) is 13.1. The van der Waals surface area contributed by atoms with Crippen molar-refractivity contribution >= 4 is 32.6 Å². The fourth-order valence-corrected chi connectivity index (χ4v) is 4.67. The molecule has 2 aromatic carbocycles. The molecule has 1 fully saturated rings. The van der Waals surface area contributed by atoms with Gasteiger partial charge in [0.05, 0.1) is 29.3 Å². The average molecular weight is 381 g/mol. The molecular weight excluding hydrogens is 356 g/mol. The maximum atomic E-state index is 13.2. The van der Waals surface area contributed by atoms with Crippen LogP contribution in [0.5, 0.6) is 0 Å². The number of carbonyl (C=O) groups is 1. The number of rotatable bonds is 5. The van der Waals surface area contributed by atoms with Crippen LogP contribution in [0.2, 0.25) is 0 Å². The molecule has 0 spiro atoms. The minimum atomic E-state index is 0.0742. The highest BCUT2D eigenvalue weighted by molar-refractivity contribution is 7.22. The van der Waals surface area contributed by atoms with E-state index in [0.29, 0.717) is 13.0 Å². The van der Waals surface area contributed by atoms with Crippen molar-refractivity contribution in [3.63, 3.8) is 0 Å². The number of thiazole rings is 1. The number of fused-ring (bicyclic) bond motifs is 1. The van der Waals surface area contributed by atoms with Gasteiger partial charge in [-0.05, 0) is 49.4 Å². The van der Waals surface area contributed by atoms with Gasteiger partial charge in [-0.15, -0.1) is 0 Å². The lowest BCUT2D eigenvalue weighted by molar-refractivity contribution is -0.118. The zero-order valence-electron chi connectivity index (χ0n) is 15.8. The predicted molar refractivity (Wildman–Crippen MR) is 111 cm³/mol. The first kappa shape index (κ1) is 18.1. The minimum absolute atomic E-state index is 0.0742. The van der Waals surface area contributed by atoms with E-state index in [1.807, 2.05) is 35.2 Å². The highest BCUT2D eigenvalue weighted by Gasteiger charge is 2.26. The molecule has 140 valence electrons. The van der Waals surface area contributed by atoms with Crippen molar-refractivity contribution in [2.45, 2.75) is 39.2 Å². The number of aromatic nitrogens is 1. The van der Waals surface area contributed by atoms with E-state index in [9.17, 15) is 4.79 Å². The van der Waals surface area contributed by atoms with Crippen LogP contribution in [-0.4, -0.2) is 30.1 Å². The summed E-state index contributed by atoms with van der Waals surface area (Å²) in [6, 6.07) is 14.2. The number of nitrogens with zero attached hydrogens (tertiary/aromatic N) is 2. The first-order valence-corrected chi connectivity index (χ1v) is 10.3. The highest BCUT2D eigenvalue weighted by atomic mass is 32.1. The van der Waals surface area contributed by atoms with Gasteiger partial charge in [0.1, 0.15) is 0 Å². The number of benzene rings is 2.